The summed E-state index contributed by atoms with van der Waals surface area (Å²) in [6.07, 6.45) is 2.45. The molecular formula is C24H26N2S. The van der Waals surface area contributed by atoms with Gasteiger partial charge in [-0.25, -0.2) is 0 Å². The van der Waals surface area contributed by atoms with Gasteiger partial charge in [0.2, 0.25) is 0 Å². The van der Waals surface area contributed by atoms with E-state index in [-0.39, 0.29) is 0 Å². The molecule has 3 aromatic rings. The van der Waals surface area contributed by atoms with E-state index in [1.54, 1.807) is 11.8 Å². The zero-order chi connectivity index (χ0) is 18.5. The summed E-state index contributed by atoms with van der Waals surface area (Å²) in [5, 5.41) is 0. The third-order valence-electron chi connectivity index (χ3n) is 5.24. The molecule has 0 spiro atoms. The number of benzene rings is 3. The monoisotopic (exact) mass is 374 g/mol. The van der Waals surface area contributed by atoms with Crippen LogP contribution in [0.1, 0.15) is 22.9 Å². The SMILES string of the molecule is CSc1ccc(C2N(Cc3ccccc3)CCN2Cc2ccccc2)cc1. The van der Waals surface area contributed by atoms with Gasteiger partial charge in [-0.1, -0.05) is 72.8 Å². The standard InChI is InChI=1S/C24H26N2S/c1-27-23-14-12-22(13-15-23)24-25(18-20-8-4-2-5-9-20)16-17-26(24)19-21-10-6-3-7-11-21/h2-15,24H,16-19H2,1H3. The molecule has 1 aliphatic heterocycles. The molecule has 3 heteroatoms. The third kappa shape index (κ3) is 4.44. The number of rotatable bonds is 6. The van der Waals surface area contributed by atoms with Crippen LogP contribution in [0, 0.1) is 0 Å². The van der Waals surface area contributed by atoms with Crippen LogP contribution in [0.2, 0.25) is 0 Å². The average Bonchev–Trinajstić information content (AvgIpc) is 3.11. The van der Waals surface area contributed by atoms with Crippen molar-refractivity contribution in [2.75, 3.05) is 19.3 Å². The zero-order valence-corrected chi connectivity index (χ0v) is 16.6. The predicted octanol–water partition coefficient (Wildman–Crippen LogP) is 5.43. The Bertz CT molecular complexity index is 784. The van der Waals surface area contributed by atoms with Crippen molar-refractivity contribution in [2.24, 2.45) is 0 Å². The number of hydrogen-bond donors (Lipinski definition) is 0. The Kier molecular flexibility index (Phi) is 5.93. The normalized spacial score (nSPS) is 16.0. The van der Waals surface area contributed by atoms with Crippen molar-refractivity contribution in [3.05, 3.63) is 102 Å². The van der Waals surface area contributed by atoms with Crippen LogP contribution >= 0.6 is 11.8 Å². The van der Waals surface area contributed by atoms with Crippen molar-refractivity contribution in [1.29, 1.82) is 0 Å². The first kappa shape index (κ1) is 18.3. The lowest BCUT2D eigenvalue weighted by molar-refractivity contribution is 0.126. The largest absolute Gasteiger partial charge is 0.279 e. The molecule has 3 aromatic carbocycles. The van der Waals surface area contributed by atoms with Crippen LogP contribution in [0.4, 0.5) is 0 Å². The Labute approximate surface area is 166 Å². The van der Waals surface area contributed by atoms with Crippen molar-refractivity contribution in [1.82, 2.24) is 9.80 Å². The number of thioether (sulfide) groups is 1. The summed E-state index contributed by atoms with van der Waals surface area (Å²) in [7, 11) is 0. The molecule has 27 heavy (non-hydrogen) atoms. The summed E-state index contributed by atoms with van der Waals surface area (Å²) in [4.78, 5) is 6.53. The Morgan fingerprint density at radius 3 is 1.63 bits per heavy atom. The van der Waals surface area contributed by atoms with E-state index in [4.69, 9.17) is 0 Å². The van der Waals surface area contributed by atoms with Crippen molar-refractivity contribution < 1.29 is 0 Å². The fourth-order valence-electron chi connectivity index (χ4n) is 3.90. The molecule has 2 nitrogen and oxygen atoms in total. The summed E-state index contributed by atoms with van der Waals surface area (Å²) >= 11 is 1.80. The highest BCUT2D eigenvalue weighted by Crippen LogP contribution is 2.33. The molecule has 0 aliphatic carbocycles. The van der Waals surface area contributed by atoms with E-state index in [0.29, 0.717) is 6.17 Å². The van der Waals surface area contributed by atoms with Crippen LogP contribution in [0.25, 0.3) is 0 Å². The van der Waals surface area contributed by atoms with Gasteiger partial charge in [0, 0.05) is 31.1 Å². The molecule has 4 rings (SSSR count). The minimum absolute atomic E-state index is 0.321. The Morgan fingerprint density at radius 1 is 0.704 bits per heavy atom. The molecule has 1 heterocycles. The van der Waals surface area contributed by atoms with Crippen LogP contribution in [0.3, 0.4) is 0 Å². The van der Waals surface area contributed by atoms with Crippen LogP contribution in [-0.4, -0.2) is 29.1 Å². The van der Waals surface area contributed by atoms with Gasteiger partial charge in [0.15, 0.2) is 0 Å². The molecular weight excluding hydrogens is 348 g/mol. The highest BCUT2D eigenvalue weighted by molar-refractivity contribution is 7.98. The highest BCUT2D eigenvalue weighted by Gasteiger charge is 2.33. The topological polar surface area (TPSA) is 6.48 Å². The Balaban J connectivity index is 1.60. The molecule has 0 aromatic heterocycles. The van der Waals surface area contributed by atoms with Crippen LogP contribution in [0.5, 0.6) is 0 Å². The van der Waals surface area contributed by atoms with Gasteiger partial charge in [-0.15, -0.1) is 11.8 Å². The van der Waals surface area contributed by atoms with Crippen molar-refractivity contribution >= 4 is 11.8 Å². The summed E-state index contributed by atoms with van der Waals surface area (Å²) in [6, 6.07) is 30.7. The average molecular weight is 375 g/mol. The molecule has 1 saturated heterocycles. The first-order valence-electron chi connectivity index (χ1n) is 9.53. The fraction of sp³-hybridized carbons (Fsp3) is 0.250. The molecule has 1 aliphatic rings. The Hall–Kier alpha value is -2.07. The van der Waals surface area contributed by atoms with Gasteiger partial charge in [-0.3, -0.25) is 9.80 Å². The summed E-state index contributed by atoms with van der Waals surface area (Å²) < 4.78 is 0. The summed E-state index contributed by atoms with van der Waals surface area (Å²) in [5.41, 5.74) is 4.15. The van der Waals surface area contributed by atoms with Crippen molar-refractivity contribution in [3.8, 4) is 0 Å². The molecule has 0 radical (unpaired) electrons. The number of hydrogen-bond acceptors (Lipinski definition) is 3. The predicted molar refractivity (Wildman–Crippen MR) is 115 cm³/mol. The second-order valence-electron chi connectivity index (χ2n) is 7.06. The molecule has 0 saturated carbocycles. The van der Waals surface area contributed by atoms with E-state index >= 15 is 0 Å². The van der Waals surface area contributed by atoms with Crippen LogP contribution < -0.4 is 0 Å². The molecule has 0 atom stereocenters. The minimum Gasteiger partial charge on any atom is -0.279 e. The van der Waals surface area contributed by atoms with Gasteiger partial charge in [0.25, 0.3) is 0 Å². The van der Waals surface area contributed by atoms with Gasteiger partial charge in [-0.2, -0.15) is 0 Å². The lowest BCUT2D eigenvalue weighted by atomic mass is 10.1. The maximum absolute atomic E-state index is 2.60. The second kappa shape index (κ2) is 8.75. The maximum atomic E-state index is 2.60. The molecule has 0 amide bonds. The second-order valence-corrected chi connectivity index (χ2v) is 7.94. The molecule has 1 fully saturated rings. The lowest BCUT2D eigenvalue weighted by Crippen LogP contribution is -2.30. The molecule has 0 bridgehead atoms. The van der Waals surface area contributed by atoms with E-state index in [2.05, 4.69) is 101 Å². The minimum atomic E-state index is 0.321. The van der Waals surface area contributed by atoms with E-state index < -0.39 is 0 Å². The first-order chi connectivity index (χ1) is 13.3. The van der Waals surface area contributed by atoms with Gasteiger partial charge < -0.3 is 0 Å². The van der Waals surface area contributed by atoms with Crippen LogP contribution in [0.15, 0.2) is 89.8 Å². The van der Waals surface area contributed by atoms with Crippen LogP contribution in [-0.2, 0) is 13.1 Å². The van der Waals surface area contributed by atoms with E-state index in [1.165, 1.54) is 21.6 Å². The van der Waals surface area contributed by atoms with E-state index in [1.807, 2.05) is 0 Å². The van der Waals surface area contributed by atoms with Gasteiger partial charge in [0.1, 0.15) is 0 Å². The number of nitrogens with zero attached hydrogens (tertiary/aromatic N) is 2. The highest BCUT2D eigenvalue weighted by atomic mass is 32.2. The molecule has 138 valence electrons. The molecule has 0 unspecified atom stereocenters. The zero-order valence-electron chi connectivity index (χ0n) is 15.8. The van der Waals surface area contributed by atoms with Gasteiger partial charge in [-0.05, 0) is 35.1 Å². The fourth-order valence-corrected chi connectivity index (χ4v) is 4.31. The summed E-state index contributed by atoms with van der Waals surface area (Å²) in [5.74, 6) is 0. The third-order valence-corrected chi connectivity index (χ3v) is 5.98. The molecule has 0 N–H and O–H groups in total. The maximum Gasteiger partial charge on any atom is 0.0892 e. The first-order valence-corrected chi connectivity index (χ1v) is 10.8. The smallest absolute Gasteiger partial charge is 0.0892 e. The van der Waals surface area contributed by atoms with Gasteiger partial charge >= 0.3 is 0 Å². The van der Waals surface area contributed by atoms with Gasteiger partial charge in [0.05, 0.1) is 6.17 Å². The quantitative estimate of drug-likeness (QED) is 0.532. The van der Waals surface area contributed by atoms with E-state index in [0.717, 1.165) is 26.2 Å². The lowest BCUT2D eigenvalue weighted by Gasteiger charge is -2.31. The van der Waals surface area contributed by atoms with Crippen molar-refractivity contribution in [3.63, 3.8) is 0 Å². The van der Waals surface area contributed by atoms with E-state index in [9.17, 15) is 0 Å². The van der Waals surface area contributed by atoms with Crippen molar-refractivity contribution in [2.45, 2.75) is 24.2 Å². The Morgan fingerprint density at radius 2 is 1.19 bits per heavy atom. The summed E-state index contributed by atoms with van der Waals surface area (Å²) in [6.45, 7) is 4.16.